The van der Waals surface area contributed by atoms with Crippen LogP contribution in [0.15, 0.2) is 24.3 Å². The Labute approximate surface area is 118 Å². The van der Waals surface area contributed by atoms with Crippen LogP contribution in [0.4, 0.5) is 4.39 Å². The van der Waals surface area contributed by atoms with Crippen molar-refractivity contribution >= 4 is 12.0 Å². The number of methoxy groups -OCH3 is 1. The highest BCUT2D eigenvalue weighted by Gasteiger charge is 2.21. The van der Waals surface area contributed by atoms with Gasteiger partial charge in [0.2, 0.25) is 5.91 Å². The number of benzene rings is 1. The summed E-state index contributed by atoms with van der Waals surface area (Å²) in [5, 5.41) is 3.22. The Hall–Kier alpha value is -1.88. The van der Waals surface area contributed by atoms with Crippen molar-refractivity contribution in [1.82, 2.24) is 10.2 Å². The minimum atomic E-state index is -0.435. The monoisotopic (exact) mass is 278 g/mol. The average molecular weight is 278 g/mol. The van der Waals surface area contributed by atoms with Crippen molar-refractivity contribution in [2.45, 2.75) is 12.5 Å². The lowest BCUT2D eigenvalue weighted by molar-refractivity contribution is -0.126. The lowest BCUT2D eigenvalue weighted by Gasteiger charge is -2.22. The van der Waals surface area contributed by atoms with Crippen molar-refractivity contribution in [3.63, 3.8) is 0 Å². The third-order valence-corrected chi connectivity index (χ3v) is 3.52. The van der Waals surface area contributed by atoms with E-state index in [9.17, 15) is 9.18 Å². The number of carbonyl (C=O) groups excluding carboxylic acids is 1. The normalized spacial score (nSPS) is 18.4. The highest BCUT2D eigenvalue weighted by atomic mass is 19.1. The van der Waals surface area contributed by atoms with E-state index in [2.05, 4.69) is 5.32 Å². The van der Waals surface area contributed by atoms with Gasteiger partial charge in [-0.25, -0.2) is 4.39 Å². The summed E-state index contributed by atoms with van der Waals surface area (Å²) < 4.78 is 18.4. The Morgan fingerprint density at radius 3 is 2.95 bits per heavy atom. The molecule has 1 unspecified atom stereocenters. The standard InChI is InChI=1S/C15H19FN2O2/c1-18(12-7-8-17-10-12)15(19)6-4-11-3-5-14(20-2)13(16)9-11/h3-6,9,12,17H,7-8,10H2,1-2H3. The summed E-state index contributed by atoms with van der Waals surface area (Å²) in [4.78, 5) is 13.7. The van der Waals surface area contributed by atoms with Gasteiger partial charge in [-0.05, 0) is 36.7 Å². The van der Waals surface area contributed by atoms with Crippen LogP contribution in [0.2, 0.25) is 0 Å². The molecule has 0 spiro atoms. The topological polar surface area (TPSA) is 41.6 Å². The largest absolute Gasteiger partial charge is 0.494 e. The maximum Gasteiger partial charge on any atom is 0.246 e. The summed E-state index contributed by atoms with van der Waals surface area (Å²) in [5.41, 5.74) is 0.634. The van der Waals surface area contributed by atoms with Gasteiger partial charge in [-0.2, -0.15) is 0 Å². The molecule has 1 N–H and O–H groups in total. The molecular weight excluding hydrogens is 259 g/mol. The molecule has 0 aromatic heterocycles. The Morgan fingerprint density at radius 2 is 2.35 bits per heavy atom. The van der Waals surface area contributed by atoms with Crippen molar-refractivity contribution in [2.24, 2.45) is 0 Å². The third kappa shape index (κ3) is 3.36. The van der Waals surface area contributed by atoms with Crippen LogP contribution in [0.5, 0.6) is 5.75 Å². The molecule has 0 radical (unpaired) electrons. The van der Waals surface area contributed by atoms with E-state index in [4.69, 9.17) is 4.74 Å². The van der Waals surface area contributed by atoms with Crippen molar-refractivity contribution in [3.05, 3.63) is 35.7 Å². The van der Waals surface area contributed by atoms with E-state index < -0.39 is 5.82 Å². The zero-order valence-corrected chi connectivity index (χ0v) is 11.7. The van der Waals surface area contributed by atoms with Crippen LogP contribution >= 0.6 is 0 Å². The number of nitrogens with zero attached hydrogens (tertiary/aromatic N) is 1. The number of hydrogen-bond acceptors (Lipinski definition) is 3. The first-order chi connectivity index (χ1) is 9.61. The van der Waals surface area contributed by atoms with Crippen LogP contribution in [-0.4, -0.2) is 44.1 Å². The van der Waals surface area contributed by atoms with Crippen molar-refractivity contribution in [3.8, 4) is 5.75 Å². The van der Waals surface area contributed by atoms with E-state index in [-0.39, 0.29) is 17.7 Å². The molecule has 108 valence electrons. The summed E-state index contributed by atoms with van der Waals surface area (Å²) in [7, 11) is 3.21. The predicted octanol–water partition coefficient (Wildman–Crippen LogP) is 1.67. The van der Waals surface area contributed by atoms with Crippen LogP contribution in [0, 0.1) is 5.82 Å². The first-order valence-corrected chi connectivity index (χ1v) is 6.61. The number of hydrogen-bond donors (Lipinski definition) is 1. The molecule has 1 aromatic carbocycles. The minimum Gasteiger partial charge on any atom is -0.494 e. The second kappa shape index (κ2) is 6.52. The fourth-order valence-corrected chi connectivity index (χ4v) is 2.22. The average Bonchev–Trinajstić information content (AvgIpc) is 2.98. The van der Waals surface area contributed by atoms with E-state index in [0.717, 1.165) is 19.5 Å². The zero-order chi connectivity index (χ0) is 14.5. The molecule has 1 aliphatic rings. The minimum absolute atomic E-state index is 0.0741. The van der Waals surface area contributed by atoms with Gasteiger partial charge in [-0.1, -0.05) is 6.07 Å². The summed E-state index contributed by atoms with van der Waals surface area (Å²) in [5.74, 6) is -0.312. The van der Waals surface area contributed by atoms with Crippen LogP contribution in [-0.2, 0) is 4.79 Å². The first kappa shape index (κ1) is 14.5. The molecule has 5 heteroatoms. The van der Waals surface area contributed by atoms with Gasteiger partial charge < -0.3 is 15.0 Å². The SMILES string of the molecule is COc1ccc(C=CC(=O)N(C)C2CCNC2)cc1F. The van der Waals surface area contributed by atoms with E-state index in [1.807, 2.05) is 0 Å². The molecule has 1 amide bonds. The molecular formula is C15H19FN2O2. The van der Waals surface area contributed by atoms with Crippen molar-refractivity contribution in [2.75, 3.05) is 27.2 Å². The zero-order valence-electron chi connectivity index (χ0n) is 11.7. The maximum absolute atomic E-state index is 13.5. The fraction of sp³-hybridized carbons (Fsp3) is 0.400. The molecule has 0 aliphatic carbocycles. The number of halogens is 1. The fourth-order valence-electron chi connectivity index (χ4n) is 2.22. The van der Waals surface area contributed by atoms with Gasteiger partial charge >= 0.3 is 0 Å². The molecule has 1 heterocycles. The molecule has 1 fully saturated rings. The van der Waals surface area contributed by atoms with Gasteiger partial charge in [0.1, 0.15) is 0 Å². The van der Waals surface area contributed by atoms with Gasteiger partial charge in [0.15, 0.2) is 11.6 Å². The number of rotatable bonds is 4. The van der Waals surface area contributed by atoms with Gasteiger partial charge in [0, 0.05) is 25.7 Å². The van der Waals surface area contributed by atoms with Crippen LogP contribution in [0.25, 0.3) is 6.08 Å². The smallest absolute Gasteiger partial charge is 0.246 e. The molecule has 20 heavy (non-hydrogen) atoms. The number of likely N-dealkylation sites (N-methyl/N-ethyl adjacent to an activating group) is 1. The second-order valence-electron chi connectivity index (χ2n) is 4.82. The molecule has 0 bridgehead atoms. The lowest BCUT2D eigenvalue weighted by Crippen LogP contribution is -2.37. The summed E-state index contributed by atoms with van der Waals surface area (Å²) in [6.45, 7) is 1.77. The number of nitrogens with one attached hydrogen (secondary N) is 1. The van der Waals surface area contributed by atoms with Crippen molar-refractivity contribution < 1.29 is 13.9 Å². The molecule has 1 atom stereocenters. The predicted molar refractivity (Wildman–Crippen MR) is 76.0 cm³/mol. The maximum atomic E-state index is 13.5. The highest BCUT2D eigenvalue weighted by Crippen LogP contribution is 2.18. The van der Waals surface area contributed by atoms with Crippen molar-refractivity contribution in [1.29, 1.82) is 0 Å². The highest BCUT2D eigenvalue weighted by molar-refractivity contribution is 5.91. The van der Waals surface area contributed by atoms with Gasteiger partial charge in [-0.3, -0.25) is 4.79 Å². The summed E-state index contributed by atoms with van der Waals surface area (Å²) in [6.07, 6.45) is 4.05. The molecule has 4 nitrogen and oxygen atoms in total. The van der Waals surface area contributed by atoms with Crippen LogP contribution < -0.4 is 10.1 Å². The first-order valence-electron chi connectivity index (χ1n) is 6.61. The van der Waals surface area contributed by atoms with Crippen LogP contribution in [0.3, 0.4) is 0 Å². The van der Waals surface area contributed by atoms with Gasteiger partial charge in [0.25, 0.3) is 0 Å². The molecule has 2 rings (SSSR count). The Balaban J connectivity index is 2.01. The second-order valence-corrected chi connectivity index (χ2v) is 4.82. The molecule has 1 aliphatic heterocycles. The molecule has 0 saturated carbocycles. The Bertz CT molecular complexity index is 511. The van der Waals surface area contributed by atoms with Gasteiger partial charge in [0.05, 0.1) is 7.11 Å². The summed E-state index contributed by atoms with van der Waals surface area (Å²) in [6, 6.07) is 4.84. The molecule has 1 aromatic rings. The Morgan fingerprint density at radius 1 is 1.55 bits per heavy atom. The molecule has 1 saturated heterocycles. The number of ether oxygens (including phenoxy) is 1. The number of carbonyl (C=O) groups is 1. The lowest BCUT2D eigenvalue weighted by atomic mass is 10.2. The number of amides is 1. The Kier molecular flexibility index (Phi) is 4.74. The van der Waals surface area contributed by atoms with Gasteiger partial charge in [-0.15, -0.1) is 0 Å². The van der Waals surface area contributed by atoms with E-state index >= 15 is 0 Å². The summed E-state index contributed by atoms with van der Waals surface area (Å²) >= 11 is 0. The van der Waals surface area contributed by atoms with E-state index in [1.165, 1.54) is 19.3 Å². The van der Waals surface area contributed by atoms with E-state index in [0.29, 0.717) is 5.56 Å². The van der Waals surface area contributed by atoms with Crippen LogP contribution in [0.1, 0.15) is 12.0 Å². The quantitative estimate of drug-likeness (QED) is 0.852. The van der Waals surface area contributed by atoms with E-state index in [1.54, 1.807) is 30.2 Å². The third-order valence-electron chi connectivity index (χ3n) is 3.52.